The van der Waals surface area contributed by atoms with Crippen LogP contribution >= 0.6 is 11.3 Å². The molecule has 0 saturated heterocycles. The van der Waals surface area contributed by atoms with Crippen molar-refractivity contribution in [2.75, 3.05) is 18.0 Å². The third kappa shape index (κ3) is 2.97. The zero-order chi connectivity index (χ0) is 14.8. The summed E-state index contributed by atoms with van der Waals surface area (Å²) in [6, 6.07) is 9.15. The Morgan fingerprint density at radius 1 is 1.33 bits per heavy atom. The van der Waals surface area contributed by atoms with Gasteiger partial charge in [0.05, 0.1) is 5.69 Å². The van der Waals surface area contributed by atoms with E-state index >= 15 is 0 Å². The molecule has 1 aromatic heterocycles. The number of nitrogens with one attached hydrogen (secondary N) is 1. The first-order valence-electron chi connectivity index (χ1n) is 7.71. The summed E-state index contributed by atoms with van der Waals surface area (Å²) >= 11 is 1.84. The Bertz CT molecular complexity index is 620. The molecule has 0 aliphatic carbocycles. The van der Waals surface area contributed by atoms with Crippen molar-refractivity contribution >= 4 is 16.5 Å². The average molecular weight is 301 g/mol. The lowest BCUT2D eigenvalue weighted by Crippen LogP contribution is -2.30. The van der Waals surface area contributed by atoms with Gasteiger partial charge in [-0.3, -0.25) is 0 Å². The first-order valence-corrected chi connectivity index (χ1v) is 8.53. The molecule has 0 bridgehead atoms. The van der Waals surface area contributed by atoms with E-state index < -0.39 is 0 Å². The lowest BCUT2D eigenvalue weighted by atomic mass is 10.0. The smallest absolute Gasteiger partial charge is 0.186 e. The number of nitrogens with zero attached hydrogens (tertiary/aromatic N) is 2. The highest BCUT2D eigenvalue weighted by molar-refractivity contribution is 7.15. The van der Waals surface area contributed by atoms with Gasteiger partial charge in [-0.1, -0.05) is 31.2 Å². The summed E-state index contributed by atoms with van der Waals surface area (Å²) in [7, 11) is 0. The van der Waals surface area contributed by atoms with Gasteiger partial charge in [-0.2, -0.15) is 0 Å². The summed E-state index contributed by atoms with van der Waals surface area (Å²) in [6.07, 6.45) is 1.12. The zero-order valence-electron chi connectivity index (χ0n) is 13.0. The van der Waals surface area contributed by atoms with E-state index in [1.54, 1.807) is 0 Å². The fourth-order valence-corrected chi connectivity index (χ4v) is 4.11. The minimum absolute atomic E-state index is 0.387. The summed E-state index contributed by atoms with van der Waals surface area (Å²) < 4.78 is 0. The van der Waals surface area contributed by atoms with Gasteiger partial charge in [-0.15, -0.1) is 11.3 Å². The van der Waals surface area contributed by atoms with Crippen molar-refractivity contribution in [3.8, 4) is 0 Å². The van der Waals surface area contributed by atoms with Gasteiger partial charge in [0.1, 0.15) is 0 Å². The zero-order valence-corrected chi connectivity index (χ0v) is 13.8. The van der Waals surface area contributed by atoms with Crippen molar-refractivity contribution in [2.24, 2.45) is 0 Å². The highest BCUT2D eigenvalue weighted by Crippen LogP contribution is 2.33. The minimum Gasteiger partial charge on any atom is -0.343 e. The molecule has 21 heavy (non-hydrogen) atoms. The summed E-state index contributed by atoms with van der Waals surface area (Å²) in [5.41, 5.74) is 4.10. The summed E-state index contributed by atoms with van der Waals surface area (Å²) in [5.74, 6) is 0. The van der Waals surface area contributed by atoms with Crippen LogP contribution in [0.5, 0.6) is 0 Å². The van der Waals surface area contributed by atoms with Crippen molar-refractivity contribution in [1.29, 1.82) is 0 Å². The normalized spacial score (nSPS) is 15.9. The van der Waals surface area contributed by atoms with E-state index in [9.17, 15) is 0 Å². The maximum atomic E-state index is 4.81. The van der Waals surface area contributed by atoms with Crippen LogP contribution < -0.4 is 10.2 Å². The number of hydrogen-bond donors (Lipinski definition) is 1. The number of hydrogen-bond acceptors (Lipinski definition) is 4. The second-order valence-electron chi connectivity index (χ2n) is 5.67. The molecule has 3 nitrogen and oxygen atoms in total. The van der Waals surface area contributed by atoms with Crippen LogP contribution in [0.3, 0.4) is 0 Å². The summed E-state index contributed by atoms with van der Waals surface area (Å²) in [6.45, 7) is 9.54. The Balaban J connectivity index is 1.81. The highest BCUT2D eigenvalue weighted by atomic mass is 32.1. The predicted octanol–water partition coefficient (Wildman–Crippen LogP) is 3.68. The van der Waals surface area contributed by atoms with Crippen LogP contribution in [0, 0.1) is 6.92 Å². The van der Waals surface area contributed by atoms with Crippen LogP contribution in [0.2, 0.25) is 0 Å². The van der Waals surface area contributed by atoms with Gasteiger partial charge in [0, 0.05) is 24.0 Å². The second kappa shape index (κ2) is 6.16. The lowest BCUT2D eigenvalue weighted by molar-refractivity contribution is 0.603. The van der Waals surface area contributed by atoms with Crippen LogP contribution in [0.25, 0.3) is 0 Å². The summed E-state index contributed by atoms with van der Waals surface area (Å²) in [4.78, 5) is 8.60. The van der Waals surface area contributed by atoms with Gasteiger partial charge in [-0.25, -0.2) is 4.98 Å². The molecule has 1 aromatic carbocycles. The third-order valence-electron chi connectivity index (χ3n) is 4.13. The third-order valence-corrected chi connectivity index (χ3v) is 5.53. The first kappa shape index (κ1) is 14.5. The lowest BCUT2D eigenvalue weighted by Gasteiger charge is -2.28. The fraction of sp³-hybridized carbons (Fsp3) is 0.471. The Hall–Kier alpha value is -1.39. The molecule has 1 aliphatic rings. The number of aromatic nitrogens is 1. The molecule has 4 heteroatoms. The summed E-state index contributed by atoms with van der Waals surface area (Å²) in [5, 5.41) is 4.65. The van der Waals surface area contributed by atoms with Gasteiger partial charge in [0.25, 0.3) is 0 Å². The molecule has 3 rings (SSSR count). The Morgan fingerprint density at radius 2 is 2.10 bits per heavy atom. The van der Waals surface area contributed by atoms with E-state index in [4.69, 9.17) is 4.98 Å². The van der Waals surface area contributed by atoms with Gasteiger partial charge >= 0.3 is 0 Å². The predicted molar refractivity (Wildman–Crippen MR) is 90.1 cm³/mol. The van der Waals surface area contributed by atoms with Crippen molar-refractivity contribution in [2.45, 2.75) is 39.8 Å². The average Bonchev–Trinajstić information content (AvgIpc) is 2.89. The molecule has 2 heterocycles. The molecule has 112 valence electrons. The van der Waals surface area contributed by atoms with E-state index in [0.29, 0.717) is 6.04 Å². The number of rotatable bonds is 4. The molecule has 2 aromatic rings. The van der Waals surface area contributed by atoms with E-state index in [2.05, 4.69) is 55.3 Å². The Labute approximate surface area is 131 Å². The molecule has 1 aliphatic heterocycles. The molecule has 0 spiro atoms. The maximum Gasteiger partial charge on any atom is 0.186 e. The molecule has 1 N–H and O–H groups in total. The molecule has 0 amide bonds. The monoisotopic (exact) mass is 301 g/mol. The number of fused-ring (bicyclic) bond motifs is 1. The largest absolute Gasteiger partial charge is 0.343 e. The van der Waals surface area contributed by atoms with Crippen LogP contribution in [0.4, 0.5) is 5.13 Å². The first-order chi connectivity index (χ1) is 10.2. The minimum atomic E-state index is 0.387. The molecule has 1 unspecified atom stereocenters. The van der Waals surface area contributed by atoms with Crippen LogP contribution in [-0.2, 0) is 13.0 Å². The van der Waals surface area contributed by atoms with Crippen molar-refractivity contribution in [3.05, 3.63) is 46.0 Å². The van der Waals surface area contributed by atoms with Gasteiger partial charge in [0.2, 0.25) is 0 Å². The maximum absolute atomic E-state index is 4.81. The molecular formula is C17H23N3S. The van der Waals surface area contributed by atoms with Crippen molar-refractivity contribution in [1.82, 2.24) is 10.3 Å². The van der Waals surface area contributed by atoms with E-state index in [0.717, 1.165) is 26.1 Å². The number of thiazole rings is 1. The van der Waals surface area contributed by atoms with Crippen molar-refractivity contribution in [3.63, 3.8) is 0 Å². The molecule has 0 saturated carbocycles. The van der Waals surface area contributed by atoms with Gasteiger partial charge in [-0.05, 0) is 37.9 Å². The highest BCUT2D eigenvalue weighted by Gasteiger charge is 2.21. The van der Waals surface area contributed by atoms with Crippen LogP contribution in [-0.4, -0.2) is 18.1 Å². The van der Waals surface area contributed by atoms with E-state index in [1.165, 1.54) is 26.8 Å². The second-order valence-corrected chi connectivity index (χ2v) is 6.67. The number of benzene rings is 1. The molecule has 0 radical (unpaired) electrons. The fourth-order valence-electron chi connectivity index (χ4n) is 2.99. The topological polar surface area (TPSA) is 28.2 Å². The standard InChI is InChI=1S/C17H23N3S/c1-4-18-12(2)16-13(3)19-17(21-16)20-10-9-14-7-5-6-8-15(14)11-20/h5-8,12,18H,4,9-11H2,1-3H3. The van der Waals surface area contributed by atoms with E-state index in [1.807, 2.05) is 11.3 Å². The molecule has 1 atom stereocenters. The quantitative estimate of drug-likeness (QED) is 0.933. The number of aryl methyl sites for hydroxylation is 1. The van der Waals surface area contributed by atoms with Crippen LogP contribution in [0.1, 0.15) is 41.6 Å². The molecular weight excluding hydrogens is 278 g/mol. The number of anilines is 1. The Kier molecular flexibility index (Phi) is 4.27. The van der Waals surface area contributed by atoms with Gasteiger partial charge < -0.3 is 10.2 Å². The molecule has 0 fully saturated rings. The van der Waals surface area contributed by atoms with E-state index in [-0.39, 0.29) is 0 Å². The SMILES string of the molecule is CCNC(C)c1sc(N2CCc3ccccc3C2)nc1C. The Morgan fingerprint density at radius 3 is 2.86 bits per heavy atom. The van der Waals surface area contributed by atoms with Crippen molar-refractivity contribution < 1.29 is 0 Å². The van der Waals surface area contributed by atoms with Gasteiger partial charge in [0.15, 0.2) is 5.13 Å². The van der Waals surface area contributed by atoms with Crippen LogP contribution in [0.15, 0.2) is 24.3 Å².